The Morgan fingerprint density at radius 2 is 1.91 bits per heavy atom. The van der Waals surface area contributed by atoms with Crippen LogP contribution in [0.1, 0.15) is 19.3 Å². The van der Waals surface area contributed by atoms with Crippen molar-refractivity contribution in [1.29, 1.82) is 0 Å². The van der Waals surface area contributed by atoms with Gasteiger partial charge in [0.2, 0.25) is 8.07 Å². The first-order valence-corrected chi connectivity index (χ1v) is 6.86. The van der Waals surface area contributed by atoms with E-state index in [0.717, 1.165) is 12.0 Å². The van der Waals surface area contributed by atoms with E-state index in [2.05, 4.69) is 17.6 Å². The molecule has 0 aromatic rings. The van der Waals surface area contributed by atoms with Crippen LogP contribution >= 0.6 is 0 Å². The van der Waals surface area contributed by atoms with E-state index in [1.807, 2.05) is 0 Å². The van der Waals surface area contributed by atoms with Gasteiger partial charge in [-0.2, -0.15) is 0 Å². The van der Waals surface area contributed by atoms with Gasteiger partial charge in [0.15, 0.2) is 0 Å². The number of rotatable bonds is 2. The Morgan fingerprint density at radius 3 is 2.18 bits per heavy atom. The van der Waals surface area contributed by atoms with E-state index in [1.165, 1.54) is 19.3 Å². The standard InChI is InChI=1S/C10H14Si/c1-4-11(3,5-2)9-10-7-6-8-10/h1-2,10H,6-9H2,3H3. The van der Waals surface area contributed by atoms with Crippen molar-refractivity contribution in [3.63, 3.8) is 0 Å². The second kappa shape index (κ2) is 3.16. The minimum absolute atomic E-state index is 0.860. The van der Waals surface area contributed by atoms with E-state index >= 15 is 0 Å². The number of terminal acetylenes is 2. The molecule has 0 nitrogen and oxygen atoms in total. The molecule has 0 aromatic heterocycles. The first-order chi connectivity index (χ1) is 5.20. The van der Waals surface area contributed by atoms with Crippen LogP contribution in [0.4, 0.5) is 0 Å². The Balaban J connectivity index is 2.46. The second-order valence-corrected chi connectivity index (χ2v) is 7.27. The maximum Gasteiger partial charge on any atom is 0.213 e. The molecule has 1 heteroatoms. The molecule has 1 saturated carbocycles. The lowest BCUT2D eigenvalue weighted by atomic mass is 9.87. The van der Waals surface area contributed by atoms with Crippen molar-refractivity contribution in [3.8, 4) is 23.9 Å². The van der Waals surface area contributed by atoms with Crippen molar-refractivity contribution < 1.29 is 0 Å². The largest absolute Gasteiger partial charge is 0.213 e. The van der Waals surface area contributed by atoms with Gasteiger partial charge in [-0.05, 0) is 18.5 Å². The Morgan fingerprint density at radius 1 is 1.36 bits per heavy atom. The first-order valence-electron chi connectivity index (χ1n) is 4.16. The van der Waals surface area contributed by atoms with Crippen LogP contribution in [0.5, 0.6) is 0 Å². The van der Waals surface area contributed by atoms with Gasteiger partial charge in [-0.15, -0.1) is 23.9 Å². The lowest BCUT2D eigenvalue weighted by Gasteiger charge is -2.29. The van der Waals surface area contributed by atoms with Crippen molar-refractivity contribution in [1.82, 2.24) is 0 Å². The highest BCUT2D eigenvalue weighted by atomic mass is 28.3. The molecule has 0 N–H and O–H groups in total. The first kappa shape index (κ1) is 8.43. The zero-order valence-electron chi connectivity index (χ0n) is 7.06. The molecule has 0 unspecified atom stereocenters. The van der Waals surface area contributed by atoms with E-state index in [4.69, 9.17) is 12.8 Å². The monoisotopic (exact) mass is 162 g/mol. The van der Waals surface area contributed by atoms with Crippen molar-refractivity contribution in [3.05, 3.63) is 0 Å². The molecule has 0 heterocycles. The SMILES string of the molecule is C#C[Si](C)(C#C)CC1CCC1. The molecule has 11 heavy (non-hydrogen) atoms. The van der Waals surface area contributed by atoms with Crippen molar-refractivity contribution in [2.45, 2.75) is 31.9 Å². The van der Waals surface area contributed by atoms with E-state index in [0.29, 0.717) is 0 Å². The van der Waals surface area contributed by atoms with Gasteiger partial charge in [-0.1, -0.05) is 19.3 Å². The molecule has 58 valence electrons. The molecule has 0 bridgehead atoms. The lowest BCUT2D eigenvalue weighted by molar-refractivity contribution is 0.344. The predicted octanol–water partition coefficient (Wildman–Crippen LogP) is 2.21. The van der Waals surface area contributed by atoms with Crippen LogP contribution in [0.2, 0.25) is 12.6 Å². The number of hydrogen-bond donors (Lipinski definition) is 0. The lowest BCUT2D eigenvalue weighted by Crippen LogP contribution is -2.31. The molecule has 1 fully saturated rings. The fourth-order valence-corrected chi connectivity index (χ4v) is 3.32. The van der Waals surface area contributed by atoms with Crippen LogP contribution in [0.3, 0.4) is 0 Å². The molecule has 1 aliphatic carbocycles. The summed E-state index contributed by atoms with van der Waals surface area (Å²) in [5, 5.41) is 0. The summed E-state index contributed by atoms with van der Waals surface area (Å²) in [6.07, 6.45) is 14.9. The quantitative estimate of drug-likeness (QED) is 0.431. The Labute approximate surface area is 70.4 Å². The van der Waals surface area contributed by atoms with Crippen molar-refractivity contribution in [2.24, 2.45) is 5.92 Å². The summed E-state index contributed by atoms with van der Waals surface area (Å²) in [6, 6.07) is 1.15. The van der Waals surface area contributed by atoms with Gasteiger partial charge in [-0.3, -0.25) is 0 Å². The predicted molar refractivity (Wildman–Crippen MR) is 51.4 cm³/mol. The number of hydrogen-bond acceptors (Lipinski definition) is 0. The van der Waals surface area contributed by atoms with Gasteiger partial charge < -0.3 is 0 Å². The maximum absolute atomic E-state index is 5.41. The second-order valence-electron chi connectivity index (χ2n) is 3.62. The smallest absolute Gasteiger partial charge is 0.126 e. The summed E-state index contributed by atoms with van der Waals surface area (Å²) in [4.78, 5) is 0. The summed E-state index contributed by atoms with van der Waals surface area (Å²) in [5.74, 6) is 0.860. The van der Waals surface area contributed by atoms with Crippen molar-refractivity contribution in [2.75, 3.05) is 0 Å². The zero-order valence-corrected chi connectivity index (χ0v) is 8.06. The minimum Gasteiger partial charge on any atom is -0.126 e. The zero-order chi connectivity index (χ0) is 8.32. The summed E-state index contributed by atoms with van der Waals surface area (Å²) < 4.78 is 0. The topological polar surface area (TPSA) is 0 Å². The molecule has 0 saturated heterocycles. The molecular formula is C10H14Si. The van der Waals surface area contributed by atoms with Crippen LogP contribution in [-0.2, 0) is 0 Å². The van der Waals surface area contributed by atoms with Crippen LogP contribution in [0, 0.1) is 29.9 Å². The van der Waals surface area contributed by atoms with Gasteiger partial charge in [-0.25, -0.2) is 0 Å². The highest BCUT2D eigenvalue weighted by Crippen LogP contribution is 2.33. The molecule has 1 rings (SSSR count). The third kappa shape index (κ3) is 1.88. The summed E-state index contributed by atoms with van der Waals surface area (Å²) in [7, 11) is -1.67. The Kier molecular flexibility index (Phi) is 2.42. The highest BCUT2D eigenvalue weighted by molar-refractivity contribution is 6.93. The fraction of sp³-hybridized carbons (Fsp3) is 0.600. The van der Waals surface area contributed by atoms with Crippen LogP contribution in [0.25, 0.3) is 0 Å². The Bertz CT molecular complexity index is 198. The molecule has 1 aliphatic rings. The highest BCUT2D eigenvalue weighted by Gasteiger charge is 2.29. The van der Waals surface area contributed by atoms with Gasteiger partial charge in [0.25, 0.3) is 0 Å². The van der Waals surface area contributed by atoms with Crippen molar-refractivity contribution >= 4 is 8.07 Å². The molecule has 0 aromatic carbocycles. The molecule has 0 radical (unpaired) electrons. The van der Waals surface area contributed by atoms with Gasteiger partial charge >= 0.3 is 0 Å². The summed E-state index contributed by atoms with van der Waals surface area (Å²) in [5.41, 5.74) is 5.66. The average molecular weight is 162 g/mol. The van der Waals surface area contributed by atoms with Gasteiger partial charge in [0.1, 0.15) is 0 Å². The molecule has 0 atom stereocenters. The summed E-state index contributed by atoms with van der Waals surface area (Å²) >= 11 is 0. The molecule has 0 spiro atoms. The van der Waals surface area contributed by atoms with E-state index in [1.54, 1.807) is 0 Å². The van der Waals surface area contributed by atoms with Gasteiger partial charge in [0.05, 0.1) is 0 Å². The van der Waals surface area contributed by atoms with E-state index in [9.17, 15) is 0 Å². The molecule has 0 aliphatic heterocycles. The van der Waals surface area contributed by atoms with Crippen LogP contribution in [-0.4, -0.2) is 8.07 Å². The average Bonchev–Trinajstić information content (AvgIpc) is 1.97. The maximum atomic E-state index is 5.41. The van der Waals surface area contributed by atoms with Crippen LogP contribution in [0.15, 0.2) is 0 Å². The molecular weight excluding hydrogens is 148 g/mol. The van der Waals surface area contributed by atoms with E-state index in [-0.39, 0.29) is 0 Å². The third-order valence-corrected chi connectivity index (χ3v) is 5.23. The summed E-state index contributed by atoms with van der Waals surface area (Å²) in [6.45, 7) is 2.12. The third-order valence-electron chi connectivity index (χ3n) is 2.56. The molecule has 0 amide bonds. The minimum atomic E-state index is -1.67. The van der Waals surface area contributed by atoms with E-state index < -0.39 is 8.07 Å². The van der Waals surface area contributed by atoms with Gasteiger partial charge in [0, 0.05) is 0 Å². The Hall–Kier alpha value is -0.663. The van der Waals surface area contributed by atoms with Crippen LogP contribution < -0.4 is 0 Å². The fourth-order valence-electron chi connectivity index (χ4n) is 1.43. The normalized spacial score (nSPS) is 18.1.